The number of halogens is 1. The first kappa shape index (κ1) is 18.1. The molecule has 0 saturated carbocycles. The van der Waals surface area contributed by atoms with Gasteiger partial charge >= 0.3 is 0 Å². The van der Waals surface area contributed by atoms with Gasteiger partial charge in [0, 0.05) is 13.0 Å². The van der Waals surface area contributed by atoms with Gasteiger partial charge < -0.3 is 11.1 Å². The number of hydrogen-bond donors (Lipinski definition) is 2. The van der Waals surface area contributed by atoms with E-state index in [0.717, 1.165) is 12.0 Å². The Morgan fingerprint density at radius 2 is 2.09 bits per heavy atom. The molecule has 0 spiro atoms. The van der Waals surface area contributed by atoms with E-state index in [1.54, 1.807) is 11.6 Å². The number of amides is 1. The first-order valence-corrected chi connectivity index (χ1v) is 6.98. The number of benzene rings is 1. The van der Waals surface area contributed by atoms with Crippen molar-refractivity contribution in [3.63, 3.8) is 0 Å². The summed E-state index contributed by atoms with van der Waals surface area (Å²) >= 11 is 0. The van der Waals surface area contributed by atoms with Gasteiger partial charge in [-0.1, -0.05) is 30.3 Å². The summed E-state index contributed by atoms with van der Waals surface area (Å²) in [5.41, 5.74) is 6.51. The number of nitrogens with one attached hydrogen (secondary N) is 1. The van der Waals surface area contributed by atoms with Crippen molar-refractivity contribution in [1.82, 2.24) is 25.5 Å². The Morgan fingerprint density at radius 1 is 1.36 bits per heavy atom. The predicted molar refractivity (Wildman–Crippen MR) is 85.7 cm³/mol. The molecule has 1 atom stereocenters. The normalized spacial score (nSPS) is 11.5. The Hall–Kier alpha value is -1.99. The summed E-state index contributed by atoms with van der Waals surface area (Å²) in [7, 11) is 0. The van der Waals surface area contributed by atoms with Crippen molar-refractivity contribution in [1.29, 1.82) is 0 Å². The van der Waals surface area contributed by atoms with Crippen LogP contribution in [0.4, 0.5) is 0 Å². The number of rotatable bonds is 7. The zero-order valence-corrected chi connectivity index (χ0v) is 13.3. The molecule has 0 aliphatic heterocycles. The lowest BCUT2D eigenvalue weighted by atomic mass is 10.1. The van der Waals surface area contributed by atoms with E-state index in [1.165, 1.54) is 0 Å². The molecule has 0 aliphatic rings. The quantitative estimate of drug-likeness (QED) is 0.729. The molecule has 1 unspecified atom stereocenters. The average molecular weight is 325 g/mol. The van der Waals surface area contributed by atoms with Gasteiger partial charge in [-0.25, -0.2) is 4.68 Å². The van der Waals surface area contributed by atoms with Crippen LogP contribution in [0.5, 0.6) is 0 Å². The summed E-state index contributed by atoms with van der Waals surface area (Å²) in [6.07, 6.45) is 1.29. The van der Waals surface area contributed by atoms with Gasteiger partial charge in [-0.15, -0.1) is 17.5 Å². The lowest BCUT2D eigenvalue weighted by molar-refractivity contribution is -0.124. The molecule has 8 heteroatoms. The van der Waals surface area contributed by atoms with Gasteiger partial charge in [-0.3, -0.25) is 4.79 Å². The van der Waals surface area contributed by atoms with Crippen LogP contribution in [0.25, 0.3) is 0 Å². The molecule has 0 fully saturated rings. The third kappa shape index (κ3) is 4.78. The second-order valence-electron chi connectivity index (χ2n) is 4.81. The van der Waals surface area contributed by atoms with Crippen molar-refractivity contribution in [3.8, 4) is 0 Å². The molecule has 1 aromatic heterocycles. The Balaban J connectivity index is 0.00000242. The van der Waals surface area contributed by atoms with Crippen molar-refractivity contribution < 1.29 is 4.79 Å². The molecule has 2 rings (SSSR count). The fourth-order valence-electron chi connectivity index (χ4n) is 2.09. The Bertz CT molecular complexity index is 574. The number of carbonyl (C=O) groups is 1. The van der Waals surface area contributed by atoms with E-state index in [0.29, 0.717) is 25.3 Å². The van der Waals surface area contributed by atoms with Crippen molar-refractivity contribution in [3.05, 3.63) is 41.7 Å². The summed E-state index contributed by atoms with van der Waals surface area (Å²) in [6, 6.07) is 9.36. The van der Waals surface area contributed by atoms with Gasteiger partial charge in [0.1, 0.15) is 11.9 Å². The maximum absolute atomic E-state index is 12.4. The minimum atomic E-state index is -0.458. The van der Waals surface area contributed by atoms with Crippen LogP contribution in [0.1, 0.15) is 23.9 Å². The smallest absolute Gasteiger partial charge is 0.245 e. The highest BCUT2D eigenvalue weighted by Crippen LogP contribution is 2.14. The van der Waals surface area contributed by atoms with E-state index in [-0.39, 0.29) is 18.3 Å². The highest BCUT2D eigenvalue weighted by molar-refractivity contribution is 5.85. The van der Waals surface area contributed by atoms with Crippen molar-refractivity contribution in [2.45, 2.75) is 25.8 Å². The molecule has 1 amide bonds. The monoisotopic (exact) mass is 324 g/mol. The van der Waals surface area contributed by atoms with Crippen molar-refractivity contribution in [2.75, 3.05) is 13.1 Å². The van der Waals surface area contributed by atoms with Crippen LogP contribution in [-0.2, 0) is 11.2 Å². The predicted octanol–water partition coefficient (Wildman–Crippen LogP) is 0.652. The lowest BCUT2D eigenvalue weighted by Gasteiger charge is -2.17. The van der Waals surface area contributed by atoms with E-state index >= 15 is 0 Å². The molecular weight excluding hydrogens is 304 g/mol. The van der Waals surface area contributed by atoms with Gasteiger partial charge in [0.2, 0.25) is 5.91 Å². The lowest BCUT2D eigenvalue weighted by Crippen LogP contribution is -2.36. The van der Waals surface area contributed by atoms with Crippen molar-refractivity contribution >= 4 is 18.3 Å². The fraction of sp³-hybridized carbons (Fsp3) is 0.429. The molecule has 7 nitrogen and oxygen atoms in total. The largest absolute Gasteiger partial charge is 0.354 e. The van der Waals surface area contributed by atoms with Gasteiger partial charge in [0.15, 0.2) is 0 Å². The van der Waals surface area contributed by atoms with Crippen LogP contribution in [0.15, 0.2) is 30.3 Å². The minimum absolute atomic E-state index is 0. The molecule has 0 saturated heterocycles. The van der Waals surface area contributed by atoms with E-state index in [1.807, 2.05) is 30.3 Å². The number of carbonyl (C=O) groups excluding carboxylic acids is 1. The molecule has 1 heterocycles. The fourth-order valence-corrected chi connectivity index (χ4v) is 2.09. The van der Waals surface area contributed by atoms with Gasteiger partial charge in [0.05, 0.1) is 0 Å². The number of hydrogen-bond acceptors (Lipinski definition) is 5. The van der Waals surface area contributed by atoms with E-state index < -0.39 is 6.04 Å². The standard InChI is InChI=1S/C14H20N6O.ClH/c1-11-17-18-19-20(11)13(14(21)16-9-5-8-15)10-12-6-3-2-4-7-12;/h2-4,6-7,13H,5,8-10,15H2,1H3,(H,16,21);1H. The zero-order chi connectivity index (χ0) is 15.1. The first-order valence-electron chi connectivity index (χ1n) is 6.98. The molecule has 0 bridgehead atoms. The third-order valence-corrected chi connectivity index (χ3v) is 3.21. The molecule has 22 heavy (non-hydrogen) atoms. The molecule has 1 aromatic carbocycles. The molecule has 3 N–H and O–H groups in total. The van der Waals surface area contributed by atoms with Crippen LogP contribution in [0, 0.1) is 6.92 Å². The molecule has 120 valence electrons. The van der Waals surface area contributed by atoms with Crippen LogP contribution < -0.4 is 11.1 Å². The number of aromatic nitrogens is 4. The number of aryl methyl sites for hydroxylation is 1. The molecule has 0 radical (unpaired) electrons. The van der Waals surface area contributed by atoms with Crippen LogP contribution in [-0.4, -0.2) is 39.2 Å². The average Bonchev–Trinajstić information content (AvgIpc) is 2.92. The van der Waals surface area contributed by atoms with E-state index in [2.05, 4.69) is 20.8 Å². The molecular formula is C14H21ClN6O. The molecule has 2 aromatic rings. The maximum atomic E-state index is 12.4. The van der Waals surface area contributed by atoms with Gasteiger partial charge in [-0.2, -0.15) is 0 Å². The highest BCUT2D eigenvalue weighted by Gasteiger charge is 2.23. The Kier molecular flexibility index (Phi) is 7.48. The Labute approximate surface area is 135 Å². The molecule has 0 aliphatic carbocycles. The summed E-state index contributed by atoms with van der Waals surface area (Å²) in [4.78, 5) is 12.4. The summed E-state index contributed by atoms with van der Waals surface area (Å²) in [5.74, 6) is 0.521. The number of tetrazole rings is 1. The van der Waals surface area contributed by atoms with Crippen LogP contribution in [0.2, 0.25) is 0 Å². The first-order chi connectivity index (χ1) is 10.2. The summed E-state index contributed by atoms with van der Waals surface area (Å²) < 4.78 is 1.56. The summed E-state index contributed by atoms with van der Waals surface area (Å²) in [5, 5.41) is 14.3. The van der Waals surface area contributed by atoms with Crippen molar-refractivity contribution in [2.24, 2.45) is 5.73 Å². The second kappa shape index (κ2) is 9.11. The highest BCUT2D eigenvalue weighted by atomic mass is 35.5. The Morgan fingerprint density at radius 3 is 2.68 bits per heavy atom. The van der Waals surface area contributed by atoms with Crippen LogP contribution in [0.3, 0.4) is 0 Å². The van der Waals surface area contributed by atoms with E-state index in [4.69, 9.17) is 5.73 Å². The third-order valence-electron chi connectivity index (χ3n) is 3.21. The zero-order valence-electron chi connectivity index (χ0n) is 12.5. The summed E-state index contributed by atoms with van der Waals surface area (Å²) in [6.45, 7) is 2.89. The number of nitrogens with zero attached hydrogens (tertiary/aromatic N) is 4. The van der Waals surface area contributed by atoms with E-state index in [9.17, 15) is 4.79 Å². The second-order valence-corrected chi connectivity index (χ2v) is 4.81. The SMILES string of the molecule is Cc1nnnn1C(Cc1ccccc1)C(=O)NCCCN.Cl. The van der Waals surface area contributed by atoms with Crippen LogP contribution >= 0.6 is 12.4 Å². The van der Waals surface area contributed by atoms with Gasteiger partial charge in [0.25, 0.3) is 0 Å². The maximum Gasteiger partial charge on any atom is 0.245 e. The minimum Gasteiger partial charge on any atom is -0.354 e. The van der Waals surface area contributed by atoms with Gasteiger partial charge in [-0.05, 0) is 35.9 Å². The topological polar surface area (TPSA) is 98.7 Å². The number of nitrogens with two attached hydrogens (primary N) is 1.